The second-order valence-electron chi connectivity index (χ2n) is 7.26. The highest BCUT2D eigenvalue weighted by Gasteiger charge is 2.31. The SMILES string of the molecule is Cc1cc(NC(=O)CCC2CCCCC2)n([C@@H]2CCS(=O)(=O)C2)n1. The smallest absolute Gasteiger partial charge is 0.225 e. The van der Waals surface area contributed by atoms with Gasteiger partial charge in [0.1, 0.15) is 5.82 Å². The van der Waals surface area contributed by atoms with Crippen LogP contribution in [0.3, 0.4) is 0 Å². The van der Waals surface area contributed by atoms with Gasteiger partial charge in [0.15, 0.2) is 9.84 Å². The molecule has 0 radical (unpaired) electrons. The normalized spacial score (nSPS) is 24.1. The number of aromatic nitrogens is 2. The van der Waals surface area contributed by atoms with E-state index in [-0.39, 0.29) is 23.5 Å². The average Bonchev–Trinajstić information content (AvgIpc) is 3.08. The van der Waals surface area contributed by atoms with Crippen molar-refractivity contribution in [2.45, 2.75) is 64.3 Å². The van der Waals surface area contributed by atoms with Crippen LogP contribution >= 0.6 is 0 Å². The van der Waals surface area contributed by atoms with Crippen LogP contribution in [-0.4, -0.2) is 35.6 Å². The first-order chi connectivity index (χ1) is 11.4. The molecule has 1 N–H and O–H groups in total. The number of rotatable bonds is 5. The molecule has 1 amide bonds. The second-order valence-corrected chi connectivity index (χ2v) is 9.49. The van der Waals surface area contributed by atoms with Gasteiger partial charge in [-0.1, -0.05) is 32.1 Å². The molecule has 0 bridgehead atoms. The number of aryl methyl sites for hydroxylation is 1. The van der Waals surface area contributed by atoms with Crippen molar-refractivity contribution >= 4 is 21.6 Å². The number of carbonyl (C=O) groups excluding carboxylic acids is 1. The Kier molecular flexibility index (Phi) is 5.27. The first-order valence-electron chi connectivity index (χ1n) is 8.99. The molecule has 1 aromatic heterocycles. The van der Waals surface area contributed by atoms with E-state index in [0.717, 1.165) is 12.1 Å². The summed E-state index contributed by atoms with van der Waals surface area (Å²) in [5.74, 6) is 1.62. The summed E-state index contributed by atoms with van der Waals surface area (Å²) in [6.07, 6.45) is 8.41. The number of nitrogens with zero attached hydrogens (tertiary/aromatic N) is 2. The molecule has 3 rings (SSSR count). The highest BCUT2D eigenvalue weighted by atomic mass is 32.2. The largest absolute Gasteiger partial charge is 0.311 e. The third kappa shape index (κ3) is 4.37. The van der Waals surface area contributed by atoms with Crippen LogP contribution in [0.5, 0.6) is 0 Å². The highest BCUT2D eigenvalue weighted by Crippen LogP contribution is 2.29. The monoisotopic (exact) mass is 353 g/mol. The lowest BCUT2D eigenvalue weighted by Crippen LogP contribution is -2.20. The Morgan fingerprint density at radius 3 is 2.71 bits per heavy atom. The van der Waals surface area contributed by atoms with Crippen molar-refractivity contribution in [2.75, 3.05) is 16.8 Å². The van der Waals surface area contributed by atoms with E-state index in [1.807, 2.05) is 13.0 Å². The molecule has 1 aliphatic carbocycles. The lowest BCUT2D eigenvalue weighted by molar-refractivity contribution is -0.116. The van der Waals surface area contributed by atoms with E-state index in [1.54, 1.807) is 4.68 Å². The summed E-state index contributed by atoms with van der Waals surface area (Å²) in [6.45, 7) is 1.86. The third-order valence-electron chi connectivity index (χ3n) is 5.18. The number of amides is 1. The molecular formula is C17H27N3O3S. The zero-order valence-electron chi connectivity index (χ0n) is 14.3. The maximum absolute atomic E-state index is 12.3. The van der Waals surface area contributed by atoms with E-state index < -0.39 is 9.84 Å². The zero-order valence-corrected chi connectivity index (χ0v) is 15.1. The van der Waals surface area contributed by atoms with Gasteiger partial charge >= 0.3 is 0 Å². The lowest BCUT2D eigenvalue weighted by atomic mass is 9.86. The fourth-order valence-electron chi connectivity index (χ4n) is 3.87. The summed E-state index contributed by atoms with van der Waals surface area (Å²) in [6, 6.07) is 1.65. The van der Waals surface area contributed by atoms with E-state index in [1.165, 1.54) is 32.1 Å². The Bertz CT molecular complexity index is 690. The van der Waals surface area contributed by atoms with Crippen LogP contribution in [0.25, 0.3) is 0 Å². The lowest BCUT2D eigenvalue weighted by Gasteiger charge is -2.21. The fraction of sp³-hybridized carbons (Fsp3) is 0.765. The van der Waals surface area contributed by atoms with Crippen molar-refractivity contribution in [3.63, 3.8) is 0 Å². The van der Waals surface area contributed by atoms with Crippen molar-refractivity contribution < 1.29 is 13.2 Å². The van der Waals surface area contributed by atoms with E-state index >= 15 is 0 Å². The van der Waals surface area contributed by atoms with Gasteiger partial charge in [0.2, 0.25) is 5.91 Å². The van der Waals surface area contributed by atoms with Gasteiger partial charge in [0.05, 0.1) is 23.2 Å². The first kappa shape index (κ1) is 17.5. The fourth-order valence-corrected chi connectivity index (χ4v) is 5.56. The average molecular weight is 353 g/mol. The molecule has 1 saturated heterocycles. The summed E-state index contributed by atoms with van der Waals surface area (Å²) >= 11 is 0. The van der Waals surface area contributed by atoms with Crippen molar-refractivity contribution in [3.8, 4) is 0 Å². The molecule has 1 saturated carbocycles. The number of carbonyl (C=O) groups is 1. The molecule has 2 heterocycles. The summed E-state index contributed by atoms with van der Waals surface area (Å²) in [5, 5.41) is 7.34. The molecule has 0 unspecified atom stereocenters. The van der Waals surface area contributed by atoms with Gasteiger partial charge in [-0.3, -0.25) is 4.79 Å². The Morgan fingerprint density at radius 2 is 2.04 bits per heavy atom. The molecule has 6 nitrogen and oxygen atoms in total. The molecular weight excluding hydrogens is 326 g/mol. The Balaban J connectivity index is 1.59. The van der Waals surface area contributed by atoms with Crippen LogP contribution < -0.4 is 5.32 Å². The molecule has 134 valence electrons. The van der Waals surface area contributed by atoms with Crippen LogP contribution in [0, 0.1) is 12.8 Å². The summed E-state index contributed by atoms with van der Waals surface area (Å²) < 4.78 is 25.1. The quantitative estimate of drug-likeness (QED) is 0.882. The van der Waals surface area contributed by atoms with Gasteiger partial charge < -0.3 is 5.32 Å². The minimum absolute atomic E-state index is 0.00239. The molecule has 0 spiro atoms. The molecule has 2 aliphatic rings. The van der Waals surface area contributed by atoms with Crippen LogP contribution in [0.4, 0.5) is 5.82 Å². The second kappa shape index (κ2) is 7.25. The third-order valence-corrected chi connectivity index (χ3v) is 6.93. The van der Waals surface area contributed by atoms with E-state index in [9.17, 15) is 13.2 Å². The van der Waals surface area contributed by atoms with Crippen molar-refractivity contribution in [3.05, 3.63) is 11.8 Å². The molecule has 0 aromatic carbocycles. The molecule has 2 fully saturated rings. The summed E-state index contributed by atoms with van der Waals surface area (Å²) in [4.78, 5) is 12.3. The number of anilines is 1. The van der Waals surface area contributed by atoms with Crippen LogP contribution in [-0.2, 0) is 14.6 Å². The summed E-state index contributed by atoms with van der Waals surface area (Å²) in [5.41, 5.74) is 0.793. The maximum atomic E-state index is 12.3. The van der Waals surface area contributed by atoms with Crippen LogP contribution in [0.1, 0.15) is 63.1 Å². The predicted octanol–water partition coefficient (Wildman–Crippen LogP) is 2.85. The van der Waals surface area contributed by atoms with E-state index in [0.29, 0.717) is 24.6 Å². The van der Waals surface area contributed by atoms with Crippen LogP contribution in [0.2, 0.25) is 0 Å². The number of nitrogens with one attached hydrogen (secondary N) is 1. The van der Waals surface area contributed by atoms with Gasteiger partial charge in [-0.05, 0) is 25.7 Å². The van der Waals surface area contributed by atoms with Crippen molar-refractivity contribution in [2.24, 2.45) is 5.92 Å². The minimum Gasteiger partial charge on any atom is -0.311 e. The summed E-state index contributed by atoms with van der Waals surface area (Å²) in [7, 11) is -2.98. The Hall–Kier alpha value is -1.37. The van der Waals surface area contributed by atoms with Crippen LogP contribution in [0.15, 0.2) is 6.07 Å². The van der Waals surface area contributed by atoms with Gasteiger partial charge in [0, 0.05) is 12.5 Å². The molecule has 1 aromatic rings. The van der Waals surface area contributed by atoms with Gasteiger partial charge in [-0.15, -0.1) is 0 Å². The molecule has 1 atom stereocenters. The highest BCUT2D eigenvalue weighted by molar-refractivity contribution is 7.91. The minimum atomic E-state index is -2.98. The zero-order chi connectivity index (χ0) is 17.2. The van der Waals surface area contributed by atoms with E-state index in [4.69, 9.17) is 0 Å². The Labute approximate surface area is 143 Å². The molecule has 1 aliphatic heterocycles. The standard InChI is InChI=1S/C17H27N3O3S/c1-13-11-16(20(19-13)15-9-10-24(22,23)12-15)18-17(21)8-7-14-5-3-2-4-6-14/h11,14-15H,2-10,12H2,1H3,(H,18,21)/t15-/m1/s1. The number of hydrogen-bond donors (Lipinski definition) is 1. The van der Waals surface area contributed by atoms with Gasteiger partial charge in [-0.2, -0.15) is 5.10 Å². The number of hydrogen-bond acceptors (Lipinski definition) is 4. The molecule has 7 heteroatoms. The van der Waals surface area contributed by atoms with E-state index in [2.05, 4.69) is 10.4 Å². The number of sulfone groups is 1. The van der Waals surface area contributed by atoms with Crippen molar-refractivity contribution in [1.82, 2.24) is 9.78 Å². The first-order valence-corrected chi connectivity index (χ1v) is 10.8. The Morgan fingerprint density at radius 1 is 1.29 bits per heavy atom. The van der Waals surface area contributed by atoms with Gasteiger partial charge in [0.25, 0.3) is 0 Å². The maximum Gasteiger partial charge on any atom is 0.225 e. The predicted molar refractivity (Wildman–Crippen MR) is 93.7 cm³/mol. The topological polar surface area (TPSA) is 81.1 Å². The molecule has 24 heavy (non-hydrogen) atoms. The van der Waals surface area contributed by atoms with Crippen molar-refractivity contribution in [1.29, 1.82) is 0 Å². The van der Waals surface area contributed by atoms with Gasteiger partial charge in [-0.25, -0.2) is 13.1 Å².